The molecule has 8 nitrogen and oxygen atoms in total. The highest BCUT2D eigenvalue weighted by atomic mass is 19.1. The summed E-state index contributed by atoms with van der Waals surface area (Å²) in [5.41, 5.74) is -0.942. The third-order valence-electron chi connectivity index (χ3n) is 6.34. The summed E-state index contributed by atoms with van der Waals surface area (Å²) in [6.45, 7) is 3.78. The lowest BCUT2D eigenvalue weighted by Gasteiger charge is -2.31. The predicted molar refractivity (Wildman–Crippen MR) is 129 cm³/mol. The highest BCUT2D eigenvalue weighted by Gasteiger charge is 2.36. The number of aromatic nitrogens is 2. The van der Waals surface area contributed by atoms with Crippen molar-refractivity contribution in [1.82, 2.24) is 14.7 Å². The van der Waals surface area contributed by atoms with Crippen LogP contribution in [0, 0.1) is 11.7 Å². The first-order valence-corrected chi connectivity index (χ1v) is 12.2. The second-order valence-corrected chi connectivity index (χ2v) is 10.1. The van der Waals surface area contributed by atoms with Gasteiger partial charge in [-0.3, -0.25) is 14.3 Å². The summed E-state index contributed by atoms with van der Waals surface area (Å²) in [5, 5.41) is 17.2. The normalized spacial score (nSPS) is 17.9. The zero-order chi connectivity index (χ0) is 25.0. The number of ether oxygens (including phenoxy) is 1. The number of benzene rings is 1. The SMILES string of the molecule is CC(C)(O)Cn1ccc(NC(=O)[C@H](CC2CCCCC2)N2CC(Oc3cccc(F)c3)=CC2=O)n1. The molecule has 1 aliphatic heterocycles. The van der Waals surface area contributed by atoms with E-state index in [1.807, 2.05) is 0 Å². The van der Waals surface area contributed by atoms with Gasteiger partial charge in [-0.25, -0.2) is 4.39 Å². The van der Waals surface area contributed by atoms with E-state index in [2.05, 4.69) is 10.4 Å². The van der Waals surface area contributed by atoms with Crippen LogP contribution in [0.15, 0.2) is 48.4 Å². The molecule has 2 amide bonds. The van der Waals surface area contributed by atoms with Crippen molar-refractivity contribution in [2.75, 3.05) is 11.9 Å². The maximum atomic E-state index is 13.5. The van der Waals surface area contributed by atoms with Crippen LogP contribution >= 0.6 is 0 Å². The molecule has 1 saturated carbocycles. The van der Waals surface area contributed by atoms with Gasteiger partial charge in [-0.05, 0) is 38.3 Å². The number of anilines is 1. The number of carbonyl (C=O) groups is 2. The summed E-state index contributed by atoms with van der Waals surface area (Å²) >= 11 is 0. The Labute approximate surface area is 204 Å². The van der Waals surface area contributed by atoms with Crippen molar-refractivity contribution < 1.29 is 23.8 Å². The number of amides is 2. The molecule has 4 rings (SSSR count). The van der Waals surface area contributed by atoms with Crippen molar-refractivity contribution in [2.24, 2.45) is 5.92 Å². The number of halogens is 1. The lowest BCUT2D eigenvalue weighted by molar-refractivity contribution is -0.134. The van der Waals surface area contributed by atoms with Crippen LogP contribution in [0.3, 0.4) is 0 Å². The first kappa shape index (κ1) is 24.9. The van der Waals surface area contributed by atoms with Gasteiger partial charge in [-0.2, -0.15) is 5.10 Å². The molecular weight excluding hydrogens is 451 g/mol. The molecule has 1 aliphatic carbocycles. The number of nitrogens with one attached hydrogen (secondary N) is 1. The van der Waals surface area contributed by atoms with Crippen LogP contribution in [0.1, 0.15) is 52.4 Å². The van der Waals surface area contributed by atoms with Gasteiger partial charge in [0, 0.05) is 24.4 Å². The largest absolute Gasteiger partial charge is 0.460 e. The predicted octanol–water partition coefficient (Wildman–Crippen LogP) is 3.88. The van der Waals surface area contributed by atoms with Crippen LogP contribution in [-0.2, 0) is 16.1 Å². The van der Waals surface area contributed by atoms with E-state index in [1.54, 1.807) is 36.9 Å². The molecule has 0 unspecified atom stereocenters. The van der Waals surface area contributed by atoms with Gasteiger partial charge in [-0.15, -0.1) is 0 Å². The number of aliphatic hydroxyl groups is 1. The van der Waals surface area contributed by atoms with Gasteiger partial charge in [0.15, 0.2) is 5.82 Å². The van der Waals surface area contributed by atoms with Crippen LogP contribution in [0.4, 0.5) is 10.2 Å². The number of hydrogen-bond donors (Lipinski definition) is 2. The zero-order valence-corrected chi connectivity index (χ0v) is 20.2. The fourth-order valence-electron chi connectivity index (χ4n) is 4.76. The molecule has 0 bridgehead atoms. The average Bonchev–Trinajstić information content (AvgIpc) is 3.37. The molecule has 35 heavy (non-hydrogen) atoms. The number of hydrogen-bond acceptors (Lipinski definition) is 5. The molecule has 0 radical (unpaired) electrons. The minimum absolute atomic E-state index is 0.132. The molecule has 0 spiro atoms. The summed E-state index contributed by atoms with van der Waals surface area (Å²) in [6, 6.07) is 6.72. The van der Waals surface area contributed by atoms with Crippen molar-refractivity contribution in [3.63, 3.8) is 0 Å². The standard InChI is InChI=1S/C26H33FN4O4/c1-26(2,34)17-30-12-11-23(29-30)28-25(33)22(13-18-7-4-3-5-8-18)31-16-21(15-24(31)32)35-20-10-6-9-19(27)14-20/h6,9-12,14-15,18,22,34H,3-5,7-8,13,16-17H2,1-2H3,(H,28,29,33)/t22-/m0/s1. The first-order chi connectivity index (χ1) is 16.7. The Bertz CT molecular complexity index is 1090. The minimum Gasteiger partial charge on any atom is -0.460 e. The molecule has 2 heterocycles. The first-order valence-electron chi connectivity index (χ1n) is 12.2. The van der Waals surface area contributed by atoms with E-state index in [-0.39, 0.29) is 24.9 Å². The van der Waals surface area contributed by atoms with Crippen LogP contribution in [-0.4, -0.2) is 49.8 Å². The van der Waals surface area contributed by atoms with Crippen molar-refractivity contribution in [3.05, 3.63) is 54.2 Å². The number of carbonyl (C=O) groups excluding carboxylic acids is 2. The van der Waals surface area contributed by atoms with Crippen molar-refractivity contribution in [1.29, 1.82) is 0 Å². The minimum atomic E-state index is -0.942. The number of rotatable bonds is 9. The van der Waals surface area contributed by atoms with Crippen LogP contribution in [0.5, 0.6) is 5.75 Å². The maximum absolute atomic E-state index is 13.5. The van der Waals surface area contributed by atoms with Crippen LogP contribution in [0.2, 0.25) is 0 Å². The Balaban J connectivity index is 1.47. The molecule has 2 N–H and O–H groups in total. The third-order valence-corrected chi connectivity index (χ3v) is 6.34. The van der Waals surface area contributed by atoms with Gasteiger partial charge in [0.05, 0.1) is 18.7 Å². The van der Waals surface area contributed by atoms with Crippen molar-refractivity contribution in [2.45, 2.75) is 70.6 Å². The van der Waals surface area contributed by atoms with E-state index in [1.165, 1.54) is 35.6 Å². The summed E-state index contributed by atoms with van der Waals surface area (Å²) < 4.78 is 20.8. The maximum Gasteiger partial charge on any atom is 0.251 e. The summed E-state index contributed by atoms with van der Waals surface area (Å²) in [6.07, 6.45) is 9.13. The quantitative estimate of drug-likeness (QED) is 0.563. The van der Waals surface area contributed by atoms with E-state index < -0.39 is 17.5 Å². The Morgan fingerprint density at radius 1 is 1.29 bits per heavy atom. The fourth-order valence-corrected chi connectivity index (χ4v) is 4.76. The monoisotopic (exact) mass is 484 g/mol. The van der Waals surface area contributed by atoms with Gasteiger partial charge in [0.1, 0.15) is 23.4 Å². The van der Waals surface area contributed by atoms with Gasteiger partial charge in [0.25, 0.3) is 5.91 Å². The van der Waals surface area contributed by atoms with E-state index in [0.717, 1.165) is 25.7 Å². The van der Waals surface area contributed by atoms with Crippen LogP contribution in [0.25, 0.3) is 0 Å². The lowest BCUT2D eigenvalue weighted by atomic mass is 9.84. The summed E-state index contributed by atoms with van der Waals surface area (Å²) in [5.74, 6) is 0.352. The second kappa shape index (κ2) is 10.6. The topological polar surface area (TPSA) is 96.7 Å². The Morgan fingerprint density at radius 3 is 2.77 bits per heavy atom. The third kappa shape index (κ3) is 6.91. The van der Waals surface area contributed by atoms with E-state index in [4.69, 9.17) is 4.74 Å². The van der Waals surface area contributed by atoms with Gasteiger partial charge >= 0.3 is 0 Å². The molecular formula is C26H33FN4O4. The molecule has 188 valence electrons. The van der Waals surface area contributed by atoms with Crippen LogP contribution < -0.4 is 10.1 Å². The zero-order valence-electron chi connectivity index (χ0n) is 20.2. The molecule has 1 fully saturated rings. The van der Waals surface area contributed by atoms with Crippen molar-refractivity contribution in [3.8, 4) is 5.75 Å². The molecule has 0 saturated heterocycles. The molecule has 2 aromatic rings. The smallest absolute Gasteiger partial charge is 0.251 e. The van der Waals surface area contributed by atoms with E-state index >= 15 is 0 Å². The number of nitrogens with zero attached hydrogens (tertiary/aromatic N) is 3. The molecule has 1 atom stereocenters. The fraction of sp³-hybridized carbons (Fsp3) is 0.500. The highest BCUT2D eigenvalue weighted by molar-refractivity contribution is 5.99. The summed E-state index contributed by atoms with van der Waals surface area (Å²) in [7, 11) is 0. The van der Waals surface area contributed by atoms with E-state index in [9.17, 15) is 19.1 Å². The van der Waals surface area contributed by atoms with Gasteiger partial charge in [-0.1, -0.05) is 38.2 Å². The average molecular weight is 485 g/mol. The molecule has 9 heteroatoms. The Morgan fingerprint density at radius 2 is 2.06 bits per heavy atom. The Hall–Kier alpha value is -3.20. The molecule has 1 aromatic carbocycles. The Kier molecular flexibility index (Phi) is 7.54. The van der Waals surface area contributed by atoms with Gasteiger partial charge in [0.2, 0.25) is 5.91 Å². The lowest BCUT2D eigenvalue weighted by Crippen LogP contribution is -2.46. The highest BCUT2D eigenvalue weighted by Crippen LogP contribution is 2.31. The van der Waals surface area contributed by atoms with Crippen molar-refractivity contribution >= 4 is 17.6 Å². The molecule has 1 aromatic heterocycles. The van der Waals surface area contributed by atoms with Gasteiger partial charge < -0.3 is 20.1 Å². The van der Waals surface area contributed by atoms with E-state index in [0.29, 0.717) is 29.7 Å². The summed E-state index contributed by atoms with van der Waals surface area (Å²) in [4.78, 5) is 27.8. The second-order valence-electron chi connectivity index (χ2n) is 10.1. The molecule has 2 aliphatic rings.